The van der Waals surface area contributed by atoms with Crippen LogP contribution in [0.4, 0.5) is 5.13 Å². The molecule has 1 aliphatic heterocycles. The van der Waals surface area contributed by atoms with Gasteiger partial charge in [0.15, 0.2) is 26.8 Å². The topological polar surface area (TPSA) is 107 Å². The van der Waals surface area contributed by atoms with Crippen molar-refractivity contribution in [3.05, 3.63) is 40.4 Å². The molecule has 1 saturated carbocycles. The van der Waals surface area contributed by atoms with E-state index in [1.165, 1.54) is 18.3 Å². The SMILES string of the molecule is O=C(Nc1ncc(Cl)s1)/C(=N/O[C@@H]1CCOC1)c1ccc(S(=O)(=O)C2CC2)cc1. The highest BCUT2D eigenvalue weighted by molar-refractivity contribution is 7.92. The number of nitrogens with one attached hydrogen (secondary N) is 1. The maximum absolute atomic E-state index is 12.8. The lowest BCUT2D eigenvalue weighted by molar-refractivity contribution is -0.110. The van der Waals surface area contributed by atoms with E-state index in [1.807, 2.05) is 0 Å². The highest BCUT2D eigenvalue weighted by Gasteiger charge is 2.36. The van der Waals surface area contributed by atoms with Gasteiger partial charge in [0.2, 0.25) is 0 Å². The molecule has 0 bridgehead atoms. The zero-order chi connectivity index (χ0) is 20.4. The molecule has 1 saturated heterocycles. The van der Waals surface area contributed by atoms with E-state index in [0.29, 0.717) is 47.5 Å². The number of hydrogen-bond acceptors (Lipinski definition) is 8. The maximum Gasteiger partial charge on any atom is 0.280 e. The Balaban J connectivity index is 1.58. The van der Waals surface area contributed by atoms with Crippen LogP contribution in [0.3, 0.4) is 0 Å². The van der Waals surface area contributed by atoms with Gasteiger partial charge in [-0.2, -0.15) is 0 Å². The summed E-state index contributed by atoms with van der Waals surface area (Å²) in [5.74, 6) is -0.535. The van der Waals surface area contributed by atoms with Crippen LogP contribution in [0.5, 0.6) is 0 Å². The van der Waals surface area contributed by atoms with Gasteiger partial charge in [0.25, 0.3) is 5.91 Å². The smallest absolute Gasteiger partial charge is 0.280 e. The fourth-order valence-electron chi connectivity index (χ4n) is 2.79. The second-order valence-electron chi connectivity index (χ2n) is 6.72. The summed E-state index contributed by atoms with van der Waals surface area (Å²) in [6, 6.07) is 6.09. The van der Waals surface area contributed by atoms with Crippen LogP contribution in [-0.2, 0) is 24.2 Å². The van der Waals surface area contributed by atoms with Crippen molar-refractivity contribution >= 4 is 49.5 Å². The standard InChI is InChI=1S/C18H18ClN3O5S2/c19-15-9-20-18(28-15)21-17(23)16(22-27-12-7-8-26-10-12)11-1-3-13(4-2-11)29(24,25)14-5-6-14/h1-4,9,12,14H,5-8,10H2,(H,20,21,23)/b22-16+/t12-/m1/s1. The van der Waals surface area contributed by atoms with Gasteiger partial charge >= 0.3 is 0 Å². The Morgan fingerprint density at radius 2 is 2.03 bits per heavy atom. The first-order valence-electron chi connectivity index (χ1n) is 9.02. The van der Waals surface area contributed by atoms with Crippen molar-refractivity contribution in [3.8, 4) is 0 Å². The van der Waals surface area contributed by atoms with Gasteiger partial charge in [-0.25, -0.2) is 13.4 Å². The molecule has 1 N–H and O–H groups in total. The van der Waals surface area contributed by atoms with Crippen LogP contribution in [-0.4, -0.2) is 49.6 Å². The molecule has 2 aliphatic rings. The van der Waals surface area contributed by atoms with Crippen molar-refractivity contribution in [3.63, 3.8) is 0 Å². The molecule has 1 atom stereocenters. The summed E-state index contributed by atoms with van der Waals surface area (Å²) < 4.78 is 30.5. The zero-order valence-corrected chi connectivity index (χ0v) is 17.6. The molecular weight excluding hydrogens is 438 g/mol. The van der Waals surface area contributed by atoms with Crippen LogP contribution in [0.15, 0.2) is 40.5 Å². The Morgan fingerprint density at radius 1 is 1.28 bits per heavy atom. The number of oxime groups is 1. The van der Waals surface area contributed by atoms with Crippen LogP contribution < -0.4 is 5.32 Å². The van der Waals surface area contributed by atoms with E-state index in [1.54, 1.807) is 12.1 Å². The Kier molecular flexibility index (Phi) is 5.86. The van der Waals surface area contributed by atoms with Gasteiger partial charge in [0.05, 0.1) is 29.6 Å². The van der Waals surface area contributed by atoms with Crippen molar-refractivity contribution in [2.45, 2.75) is 35.5 Å². The first-order chi connectivity index (χ1) is 13.9. The van der Waals surface area contributed by atoms with Crippen LogP contribution in [0, 0.1) is 0 Å². The number of carbonyl (C=O) groups is 1. The van der Waals surface area contributed by atoms with Crippen LogP contribution in [0.1, 0.15) is 24.8 Å². The Labute approximate surface area is 176 Å². The molecule has 11 heteroatoms. The largest absolute Gasteiger partial charge is 0.389 e. The minimum absolute atomic E-state index is 0.0126. The van der Waals surface area contributed by atoms with Crippen molar-refractivity contribution in [1.82, 2.24) is 4.98 Å². The monoisotopic (exact) mass is 455 g/mol. The highest BCUT2D eigenvalue weighted by atomic mass is 35.5. The number of anilines is 1. The number of benzene rings is 1. The molecule has 0 spiro atoms. The Bertz CT molecular complexity index is 1030. The number of ether oxygens (including phenoxy) is 1. The van der Waals surface area contributed by atoms with Crippen LogP contribution in [0.2, 0.25) is 4.34 Å². The molecule has 4 rings (SSSR count). The van der Waals surface area contributed by atoms with Gasteiger partial charge < -0.3 is 9.57 Å². The van der Waals surface area contributed by atoms with Crippen LogP contribution >= 0.6 is 22.9 Å². The van der Waals surface area contributed by atoms with E-state index in [-0.39, 0.29) is 22.0 Å². The maximum atomic E-state index is 12.8. The fraction of sp³-hybridized carbons (Fsp3) is 0.389. The van der Waals surface area contributed by atoms with E-state index in [2.05, 4.69) is 15.5 Å². The highest BCUT2D eigenvalue weighted by Crippen LogP contribution is 2.33. The molecule has 0 unspecified atom stereocenters. The lowest BCUT2D eigenvalue weighted by Gasteiger charge is -2.10. The third-order valence-electron chi connectivity index (χ3n) is 4.51. The third-order valence-corrected chi connectivity index (χ3v) is 7.82. The second kappa shape index (κ2) is 8.39. The lowest BCUT2D eigenvalue weighted by Crippen LogP contribution is -2.25. The molecule has 0 radical (unpaired) electrons. The summed E-state index contributed by atoms with van der Waals surface area (Å²) in [7, 11) is -3.31. The van der Waals surface area contributed by atoms with E-state index in [4.69, 9.17) is 21.2 Å². The fourth-order valence-corrected chi connectivity index (χ4v) is 5.25. The predicted octanol–water partition coefficient (Wildman–Crippen LogP) is 2.88. The molecule has 1 aromatic carbocycles. The van der Waals surface area contributed by atoms with Crippen molar-refractivity contribution in [2.75, 3.05) is 18.5 Å². The average molecular weight is 456 g/mol. The normalized spacial score (nSPS) is 19.9. The van der Waals surface area contributed by atoms with Crippen molar-refractivity contribution in [2.24, 2.45) is 5.16 Å². The minimum atomic E-state index is -3.31. The van der Waals surface area contributed by atoms with Gasteiger partial charge in [0, 0.05) is 12.0 Å². The molecule has 2 fully saturated rings. The van der Waals surface area contributed by atoms with E-state index < -0.39 is 15.7 Å². The Hall–Kier alpha value is -2.01. The summed E-state index contributed by atoms with van der Waals surface area (Å²) in [5.41, 5.74) is 0.442. The predicted molar refractivity (Wildman–Crippen MR) is 109 cm³/mol. The summed E-state index contributed by atoms with van der Waals surface area (Å²) >= 11 is 6.97. The first-order valence-corrected chi connectivity index (χ1v) is 11.8. The van der Waals surface area contributed by atoms with Gasteiger partial charge in [-0.1, -0.05) is 40.2 Å². The quantitative estimate of drug-likeness (QED) is 0.508. The first kappa shape index (κ1) is 20.3. The molecule has 154 valence electrons. The summed E-state index contributed by atoms with van der Waals surface area (Å²) in [5, 5.41) is 6.69. The zero-order valence-electron chi connectivity index (χ0n) is 15.2. The van der Waals surface area contributed by atoms with Gasteiger partial charge in [-0.05, 0) is 25.0 Å². The lowest BCUT2D eigenvalue weighted by atomic mass is 10.1. The number of carbonyl (C=O) groups excluding carboxylic acids is 1. The number of sulfone groups is 1. The average Bonchev–Trinajstić information content (AvgIpc) is 3.31. The molecular formula is C18H18ClN3O5S2. The number of rotatable bonds is 7. The summed E-state index contributed by atoms with van der Waals surface area (Å²) in [4.78, 5) is 22.5. The third kappa shape index (κ3) is 4.77. The summed E-state index contributed by atoms with van der Waals surface area (Å²) in [6.45, 7) is 0.978. The van der Waals surface area contributed by atoms with Gasteiger partial charge in [-0.15, -0.1) is 0 Å². The molecule has 2 heterocycles. The van der Waals surface area contributed by atoms with E-state index in [9.17, 15) is 13.2 Å². The molecule has 8 nitrogen and oxygen atoms in total. The molecule has 29 heavy (non-hydrogen) atoms. The van der Waals surface area contributed by atoms with Gasteiger partial charge in [0.1, 0.15) is 4.34 Å². The molecule has 1 amide bonds. The Morgan fingerprint density at radius 3 is 2.62 bits per heavy atom. The minimum Gasteiger partial charge on any atom is -0.389 e. The number of hydrogen-bond donors (Lipinski definition) is 1. The van der Waals surface area contributed by atoms with Crippen LogP contribution in [0.25, 0.3) is 0 Å². The number of nitrogens with zero attached hydrogens (tertiary/aromatic N) is 2. The molecule has 1 aromatic heterocycles. The van der Waals surface area contributed by atoms with E-state index in [0.717, 1.165) is 11.3 Å². The summed E-state index contributed by atoms with van der Waals surface area (Å²) in [6.07, 6.45) is 3.25. The van der Waals surface area contributed by atoms with Gasteiger partial charge in [-0.3, -0.25) is 10.1 Å². The second-order valence-corrected chi connectivity index (χ2v) is 10.6. The van der Waals surface area contributed by atoms with E-state index >= 15 is 0 Å². The number of halogens is 1. The number of amides is 1. The number of thiazole rings is 1. The molecule has 1 aliphatic carbocycles. The number of aromatic nitrogens is 1. The van der Waals surface area contributed by atoms with Crippen molar-refractivity contribution in [1.29, 1.82) is 0 Å². The van der Waals surface area contributed by atoms with Crippen molar-refractivity contribution < 1.29 is 22.8 Å². The molecule has 2 aromatic rings.